The van der Waals surface area contributed by atoms with Crippen LogP contribution in [0.2, 0.25) is 0 Å². The molecule has 0 spiro atoms. The molecule has 1 aliphatic rings. The van der Waals surface area contributed by atoms with E-state index in [0.717, 1.165) is 0 Å². The molecule has 0 fully saturated rings. The fraction of sp³-hybridized carbons (Fsp3) is 0.286. The summed E-state index contributed by atoms with van der Waals surface area (Å²) in [5.74, 6) is 0.931. The highest BCUT2D eigenvalue weighted by molar-refractivity contribution is 5.98. The first-order valence-electron chi connectivity index (χ1n) is 8.86. The van der Waals surface area contributed by atoms with Crippen molar-refractivity contribution in [1.29, 1.82) is 0 Å². The van der Waals surface area contributed by atoms with Crippen molar-refractivity contribution in [3.63, 3.8) is 0 Å². The summed E-state index contributed by atoms with van der Waals surface area (Å²) in [4.78, 5) is 35.8. The molecule has 27 heavy (non-hydrogen) atoms. The van der Waals surface area contributed by atoms with E-state index in [-0.39, 0.29) is 30.3 Å². The van der Waals surface area contributed by atoms with Crippen LogP contribution in [-0.2, 0) is 4.79 Å². The Labute approximate surface area is 157 Å². The molecule has 2 aromatic carbocycles. The molecule has 140 valence electrons. The van der Waals surface area contributed by atoms with Crippen molar-refractivity contribution in [1.82, 2.24) is 0 Å². The lowest BCUT2D eigenvalue weighted by atomic mass is 10.0. The van der Waals surface area contributed by atoms with Gasteiger partial charge < -0.3 is 14.8 Å². The predicted octanol–water partition coefficient (Wildman–Crippen LogP) is 3.65. The Morgan fingerprint density at radius 1 is 0.926 bits per heavy atom. The Balaban J connectivity index is 1.49. The summed E-state index contributed by atoms with van der Waals surface area (Å²) in [7, 11) is 0. The highest BCUT2D eigenvalue weighted by Crippen LogP contribution is 2.31. The molecule has 0 atom stereocenters. The van der Waals surface area contributed by atoms with Crippen LogP contribution in [0.3, 0.4) is 0 Å². The van der Waals surface area contributed by atoms with Gasteiger partial charge in [0.2, 0.25) is 5.91 Å². The molecule has 1 N–H and O–H groups in total. The number of carbonyl (C=O) groups is 3. The molecule has 0 aliphatic carbocycles. The number of fused-ring (bicyclic) bond motifs is 1. The minimum Gasteiger partial charge on any atom is -0.486 e. The van der Waals surface area contributed by atoms with Crippen molar-refractivity contribution >= 4 is 23.2 Å². The Morgan fingerprint density at radius 2 is 1.70 bits per heavy atom. The van der Waals surface area contributed by atoms with Crippen molar-refractivity contribution in [2.45, 2.75) is 26.2 Å². The Morgan fingerprint density at radius 3 is 2.48 bits per heavy atom. The number of nitrogens with one attached hydrogen (secondary N) is 1. The highest BCUT2D eigenvalue weighted by Gasteiger charge is 2.15. The first-order valence-corrected chi connectivity index (χ1v) is 8.86. The number of hydrogen-bond acceptors (Lipinski definition) is 5. The zero-order valence-corrected chi connectivity index (χ0v) is 15.1. The van der Waals surface area contributed by atoms with Crippen LogP contribution < -0.4 is 14.8 Å². The van der Waals surface area contributed by atoms with Crippen LogP contribution in [0.4, 0.5) is 5.69 Å². The van der Waals surface area contributed by atoms with Gasteiger partial charge in [0.15, 0.2) is 23.1 Å². The van der Waals surface area contributed by atoms with Crippen LogP contribution in [-0.4, -0.2) is 30.7 Å². The second-order valence-corrected chi connectivity index (χ2v) is 6.32. The van der Waals surface area contributed by atoms with Crippen molar-refractivity contribution < 1.29 is 23.9 Å². The summed E-state index contributed by atoms with van der Waals surface area (Å²) in [6.45, 7) is 2.45. The molecule has 6 heteroatoms. The molecule has 0 saturated carbocycles. The summed E-state index contributed by atoms with van der Waals surface area (Å²) >= 11 is 0. The average molecular weight is 367 g/mol. The first kappa shape index (κ1) is 18.6. The molecule has 1 amide bonds. The maximum Gasteiger partial charge on any atom is 0.224 e. The molecule has 6 nitrogen and oxygen atoms in total. The van der Waals surface area contributed by atoms with Gasteiger partial charge in [-0.3, -0.25) is 14.4 Å². The van der Waals surface area contributed by atoms with Gasteiger partial charge in [-0.05, 0) is 43.7 Å². The van der Waals surface area contributed by atoms with Crippen LogP contribution in [0.15, 0.2) is 42.5 Å². The first-order chi connectivity index (χ1) is 13.0. The van der Waals surface area contributed by atoms with Crippen LogP contribution in [0.5, 0.6) is 11.5 Å². The lowest BCUT2D eigenvalue weighted by Crippen LogP contribution is -2.16. The van der Waals surface area contributed by atoms with E-state index in [1.807, 2.05) is 0 Å². The van der Waals surface area contributed by atoms with E-state index in [1.165, 1.54) is 6.92 Å². The molecule has 2 aromatic rings. The van der Waals surface area contributed by atoms with E-state index in [0.29, 0.717) is 47.9 Å². The van der Waals surface area contributed by atoms with E-state index >= 15 is 0 Å². The van der Waals surface area contributed by atoms with Gasteiger partial charge in [0.05, 0.1) is 0 Å². The van der Waals surface area contributed by atoms with Crippen molar-refractivity contribution in [3.05, 3.63) is 53.6 Å². The quantitative estimate of drug-likeness (QED) is 0.756. The fourth-order valence-electron chi connectivity index (χ4n) is 2.81. The second-order valence-electron chi connectivity index (χ2n) is 6.32. The third-order valence-electron chi connectivity index (χ3n) is 4.22. The van der Waals surface area contributed by atoms with E-state index in [9.17, 15) is 14.4 Å². The number of hydrogen-bond donors (Lipinski definition) is 1. The summed E-state index contributed by atoms with van der Waals surface area (Å²) in [6.07, 6.45) is 0.923. The minimum atomic E-state index is -0.189. The smallest absolute Gasteiger partial charge is 0.224 e. The van der Waals surface area contributed by atoms with Crippen LogP contribution in [0, 0.1) is 0 Å². The third-order valence-corrected chi connectivity index (χ3v) is 4.22. The van der Waals surface area contributed by atoms with Crippen LogP contribution >= 0.6 is 0 Å². The molecular weight excluding hydrogens is 346 g/mol. The molecule has 3 rings (SSSR count). The molecule has 0 unspecified atom stereocenters. The van der Waals surface area contributed by atoms with Crippen molar-refractivity contribution in [2.24, 2.45) is 0 Å². The van der Waals surface area contributed by atoms with Gasteiger partial charge in [-0.25, -0.2) is 0 Å². The van der Waals surface area contributed by atoms with Crippen molar-refractivity contribution in [3.8, 4) is 11.5 Å². The maximum atomic E-state index is 12.3. The number of Topliss-reactive ketones (excluding diaryl/α,β-unsaturated/α-hetero) is 2. The Kier molecular flexibility index (Phi) is 5.86. The molecular formula is C21H21NO5. The topological polar surface area (TPSA) is 81.7 Å². The maximum absolute atomic E-state index is 12.3. The standard InChI is InChI=1S/C21H21NO5/c1-14(23)15-4-2-5-17(12-15)22-21(25)7-3-6-18(24)16-8-9-19-20(13-16)27-11-10-26-19/h2,4-5,8-9,12-13H,3,6-7,10-11H2,1H3,(H,22,25). The third kappa shape index (κ3) is 4.94. The predicted molar refractivity (Wildman–Crippen MR) is 101 cm³/mol. The molecule has 0 bridgehead atoms. The van der Waals surface area contributed by atoms with E-state index in [2.05, 4.69) is 5.32 Å². The minimum absolute atomic E-state index is 0.0432. The zero-order valence-electron chi connectivity index (χ0n) is 15.1. The van der Waals surface area contributed by atoms with E-state index < -0.39 is 0 Å². The lowest BCUT2D eigenvalue weighted by molar-refractivity contribution is -0.116. The van der Waals surface area contributed by atoms with Gasteiger partial charge in [0, 0.05) is 29.7 Å². The van der Waals surface area contributed by atoms with E-state index in [1.54, 1.807) is 42.5 Å². The summed E-state index contributed by atoms with van der Waals surface area (Å²) in [6, 6.07) is 11.9. The summed E-state index contributed by atoms with van der Waals surface area (Å²) in [5, 5.41) is 2.75. The monoisotopic (exact) mass is 367 g/mol. The highest BCUT2D eigenvalue weighted by atomic mass is 16.6. The molecule has 0 saturated heterocycles. The number of ketones is 2. The van der Waals surface area contributed by atoms with Gasteiger partial charge in [-0.1, -0.05) is 12.1 Å². The van der Waals surface area contributed by atoms with Gasteiger partial charge in [-0.15, -0.1) is 0 Å². The van der Waals surface area contributed by atoms with Gasteiger partial charge >= 0.3 is 0 Å². The molecule has 1 heterocycles. The number of amides is 1. The average Bonchev–Trinajstić information content (AvgIpc) is 2.67. The molecule has 1 aliphatic heterocycles. The number of benzene rings is 2. The van der Waals surface area contributed by atoms with Gasteiger partial charge in [0.1, 0.15) is 13.2 Å². The Bertz CT molecular complexity index is 875. The van der Waals surface area contributed by atoms with Crippen LogP contribution in [0.1, 0.15) is 46.9 Å². The summed E-state index contributed by atoms with van der Waals surface area (Å²) in [5.41, 5.74) is 1.67. The number of carbonyl (C=O) groups excluding carboxylic acids is 3. The van der Waals surface area contributed by atoms with Gasteiger partial charge in [0.25, 0.3) is 0 Å². The molecule has 0 aromatic heterocycles. The number of anilines is 1. The number of rotatable bonds is 7. The fourth-order valence-corrected chi connectivity index (χ4v) is 2.81. The normalized spacial score (nSPS) is 12.3. The second kappa shape index (κ2) is 8.49. The van der Waals surface area contributed by atoms with E-state index in [4.69, 9.17) is 9.47 Å². The van der Waals surface area contributed by atoms with Crippen LogP contribution in [0.25, 0.3) is 0 Å². The lowest BCUT2D eigenvalue weighted by Gasteiger charge is -2.18. The number of ether oxygens (including phenoxy) is 2. The molecule has 0 radical (unpaired) electrons. The SMILES string of the molecule is CC(=O)c1cccc(NC(=O)CCCC(=O)c2ccc3c(c2)OCCO3)c1. The van der Waals surface area contributed by atoms with Crippen molar-refractivity contribution in [2.75, 3.05) is 18.5 Å². The Hall–Kier alpha value is -3.15. The van der Waals surface area contributed by atoms with Gasteiger partial charge in [-0.2, -0.15) is 0 Å². The largest absolute Gasteiger partial charge is 0.486 e. The zero-order chi connectivity index (χ0) is 19.2. The summed E-state index contributed by atoms with van der Waals surface area (Å²) < 4.78 is 10.9.